The minimum absolute atomic E-state index is 0.0296. The van der Waals surface area contributed by atoms with Gasteiger partial charge >= 0.3 is 0 Å². The normalized spacial score (nSPS) is 13.3. The lowest BCUT2D eigenvalue weighted by atomic mass is 9.86. The third kappa shape index (κ3) is 5.05. The van der Waals surface area contributed by atoms with Gasteiger partial charge in [-0.3, -0.25) is 9.69 Å². The second-order valence-electron chi connectivity index (χ2n) is 6.73. The zero-order valence-electron chi connectivity index (χ0n) is 14.0. The lowest BCUT2D eigenvalue weighted by Gasteiger charge is -2.26. The van der Waals surface area contributed by atoms with Crippen LogP contribution in [0.2, 0.25) is 0 Å². The Labute approximate surface area is 128 Å². The molecule has 1 rings (SSSR count). The van der Waals surface area contributed by atoms with Gasteiger partial charge in [-0.15, -0.1) is 0 Å². The molecule has 1 aromatic rings. The molecule has 0 saturated carbocycles. The van der Waals surface area contributed by atoms with Gasteiger partial charge in [0.1, 0.15) is 5.75 Å². The zero-order valence-corrected chi connectivity index (χ0v) is 14.0. The van der Waals surface area contributed by atoms with Gasteiger partial charge in [0.25, 0.3) is 0 Å². The van der Waals surface area contributed by atoms with Crippen LogP contribution < -0.4 is 5.32 Å². The van der Waals surface area contributed by atoms with E-state index in [2.05, 4.69) is 37.1 Å². The molecule has 4 nitrogen and oxygen atoms in total. The number of aromatic hydroxyl groups is 1. The molecule has 1 aromatic carbocycles. The van der Waals surface area contributed by atoms with Crippen LogP contribution in [0.25, 0.3) is 0 Å². The van der Waals surface area contributed by atoms with Crippen molar-refractivity contribution in [2.45, 2.75) is 52.1 Å². The Bertz CT molecular complexity index is 492. The van der Waals surface area contributed by atoms with Crippen molar-refractivity contribution in [1.29, 1.82) is 0 Å². The predicted octanol–water partition coefficient (Wildman–Crippen LogP) is 2.65. The number of phenols is 1. The van der Waals surface area contributed by atoms with Crippen molar-refractivity contribution in [3.63, 3.8) is 0 Å². The average Bonchev–Trinajstić information content (AvgIpc) is 2.39. The van der Waals surface area contributed by atoms with Crippen molar-refractivity contribution in [1.82, 2.24) is 10.2 Å². The summed E-state index contributed by atoms with van der Waals surface area (Å²) in [5, 5.41) is 12.7. The summed E-state index contributed by atoms with van der Waals surface area (Å²) in [7, 11) is 3.62. The molecule has 1 atom stereocenters. The van der Waals surface area contributed by atoms with Crippen molar-refractivity contribution in [3.05, 3.63) is 29.3 Å². The van der Waals surface area contributed by atoms with Crippen LogP contribution in [0.15, 0.2) is 18.2 Å². The van der Waals surface area contributed by atoms with Crippen molar-refractivity contribution >= 4 is 5.91 Å². The van der Waals surface area contributed by atoms with Gasteiger partial charge < -0.3 is 10.4 Å². The molecular weight excluding hydrogens is 264 g/mol. The maximum Gasteiger partial charge on any atom is 0.221 e. The van der Waals surface area contributed by atoms with Gasteiger partial charge in [-0.1, -0.05) is 32.9 Å². The lowest BCUT2D eigenvalue weighted by molar-refractivity contribution is -0.121. The Morgan fingerprint density at radius 1 is 1.38 bits per heavy atom. The van der Waals surface area contributed by atoms with Crippen LogP contribution >= 0.6 is 0 Å². The molecule has 4 heteroatoms. The molecule has 0 heterocycles. The highest BCUT2D eigenvalue weighted by Crippen LogP contribution is 2.28. The number of hydrogen-bond donors (Lipinski definition) is 2. The van der Waals surface area contributed by atoms with Gasteiger partial charge in [0.05, 0.1) is 0 Å². The number of nitrogens with one attached hydrogen (secondary N) is 1. The predicted molar refractivity (Wildman–Crippen MR) is 86.4 cm³/mol. The molecule has 118 valence electrons. The fourth-order valence-electron chi connectivity index (χ4n) is 2.13. The van der Waals surface area contributed by atoms with E-state index in [0.717, 1.165) is 5.56 Å². The van der Waals surface area contributed by atoms with E-state index in [-0.39, 0.29) is 17.4 Å². The van der Waals surface area contributed by atoms with E-state index in [9.17, 15) is 9.90 Å². The Balaban J connectivity index is 2.84. The molecule has 0 spiro atoms. The van der Waals surface area contributed by atoms with Crippen LogP contribution in [0.5, 0.6) is 5.75 Å². The summed E-state index contributed by atoms with van der Waals surface area (Å²) < 4.78 is 0. The van der Waals surface area contributed by atoms with Crippen LogP contribution in [-0.2, 0) is 16.8 Å². The molecule has 0 fully saturated rings. The third-order valence-electron chi connectivity index (χ3n) is 3.88. The zero-order chi connectivity index (χ0) is 16.2. The van der Waals surface area contributed by atoms with Gasteiger partial charge in [-0.05, 0) is 31.0 Å². The summed E-state index contributed by atoms with van der Waals surface area (Å²) in [6.07, 6.45) is 0.451. The van der Waals surface area contributed by atoms with Gasteiger partial charge in [-0.25, -0.2) is 0 Å². The first-order chi connectivity index (χ1) is 9.65. The highest BCUT2D eigenvalue weighted by molar-refractivity contribution is 5.76. The van der Waals surface area contributed by atoms with Crippen molar-refractivity contribution in [2.24, 2.45) is 0 Å². The van der Waals surface area contributed by atoms with Crippen LogP contribution in [0.3, 0.4) is 0 Å². The Kier molecular flexibility index (Phi) is 5.78. The SMILES string of the molecule is CNC(=O)CC(C)N(C)Cc1cc(C(C)(C)C)ccc1O. The highest BCUT2D eigenvalue weighted by atomic mass is 16.3. The molecule has 0 aliphatic heterocycles. The van der Waals surface area contributed by atoms with Gasteiger partial charge in [0.15, 0.2) is 0 Å². The molecule has 21 heavy (non-hydrogen) atoms. The summed E-state index contributed by atoms with van der Waals surface area (Å²) in [4.78, 5) is 13.5. The lowest BCUT2D eigenvalue weighted by Crippen LogP contribution is -2.33. The van der Waals surface area contributed by atoms with Gasteiger partial charge in [0, 0.05) is 31.6 Å². The maximum absolute atomic E-state index is 11.4. The monoisotopic (exact) mass is 292 g/mol. The number of hydrogen-bond acceptors (Lipinski definition) is 3. The van der Waals surface area contributed by atoms with Crippen molar-refractivity contribution in [2.75, 3.05) is 14.1 Å². The molecule has 0 aliphatic rings. The standard InChI is InChI=1S/C17H28N2O2/c1-12(9-16(21)18-5)19(6)11-13-10-14(17(2,3)4)7-8-15(13)20/h7-8,10,12,20H,9,11H2,1-6H3,(H,18,21). The molecule has 0 bridgehead atoms. The summed E-state index contributed by atoms with van der Waals surface area (Å²) in [6.45, 7) is 9.09. The largest absolute Gasteiger partial charge is 0.508 e. The average molecular weight is 292 g/mol. The number of nitrogens with zero attached hydrogens (tertiary/aromatic N) is 1. The minimum Gasteiger partial charge on any atom is -0.508 e. The molecule has 2 N–H and O–H groups in total. The third-order valence-corrected chi connectivity index (χ3v) is 3.88. The van der Waals surface area contributed by atoms with Crippen LogP contribution in [0.1, 0.15) is 45.2 Å². The first-order valence-electron chi connectivity index (χ1n) is 7.38. The van der Waals surface area contributed by atoms with E-state index in [4.69, 9.17) is 0 Å². The molecule has 0 saturated heterocycles. The molecule has 0 aliphatic carbocycles. The number of phenolic OH excluding ortho intramolecular Hbond substituents is 1. The summed E-state index contributed by atoms with van der Waals surface area (Å²) in [5.74, 6) is 0.337. The smallest absolute Gasteiger partial charge is 0.221 e. The van der Waals surface area contributed by atoms with Crippen LogP contribution in [0.4, 0.5) is 0 Å². The van der Waals surface area contributed by atoms with Crippen molar-refractivity contribution in [3.8, 4) is 5.75 Å². The summed E-state index contributed by atoms with van der Waals surface area (Å²) >= 11 is 0. The highest BCUT2D eigenvalue weighted by Gasteiger charge is 2.18. The summed E-state index contributed by atoms with van der Waals surface area (Å²) in [5.41, 5.74) is 2.14. The number of amides is 1. The fourth-order valence-corrected chi connectivity index (χ4v) is 2.13. The Hall–Kier alpha value is -1.55. The fraction of sp³-hybridized carbons (Fsp3) is 0.588. The molecule has 0 aromatic heterocycles. The summed E-state index contributed by atoms with van der Waals surface area (Å²) in [6, 6.07) is 5.89. The van der Waals surface area contributed by atoms with Crippen LogP contribution in [0, 0.1) is 0 Å². The molecule has 0 radical (unpaired) electrons. The second-order valence-corrected chi connectivity index (χ2v) is 6.73. The maximum atomic E-state index is 11.4. The van der Waals surface area contributed by atoms with E-state index in [0.29, 0.717) is 18.7 Å². The van der Waals surface area contributed by atoms with E-state index < -0.39 is 0 Å². The second kappa shape index (κ2) is 6.94. The van der Waals surface area contributed by atoms with Crippen molar-refractivity contribution < 1.29 is 9.90 Å². The van der Waals surface area contributed by atoms with Gasteiger partial charge in [-0.2, -0.15) is 0 Å². The quantitative estimate of drug-likeness (QED) is 0.877. The molecule has 1 amide bonds. The first kappa shape index (κ1) is 17.5. The Morgan fingerprint density at radius 3 is 2.52 bits per heavy atom. The number of rotatable bonds is 5. The van der Waals surface area contributed by atoms with E-state index in [1.165, 1.54) is 5.56 Å². The van der Waals surface area contributed by atoms with Crippen LogP contribution in [-0.4, -0.2) is 36.1 Å². The topological polar surface area (TPSA) is 52.6 Å². The molecule has 1 unspecified atom stereocenters. The van der Waals surface area contributed by atoms with E-state index in [1.54, 1.807) is 13.1 Å². The van der Waals surface area contributed by atoms with Gasteiger partial charge in [0.2, 0.25) is 5.91 Å². The van der Waals surface area contributed by atoms with E-state index >= 15 is 0 Å². The number of benzene rings is 1. The molecular formula is C17H28N2O2. The number of carbonyl (C=O) groups excluding carboxylic acids is 1. The first-order valence-corrected chi connectivity index (χ1v) is 7.38. The number of carbonyl (C=O) groups is 1. The Morgan fingerprint density at radius 2 is 2.00 bits per heavy atom. The minimum atomic E-state index is 0.0296. The van der Waals surface area contributed by atoms with E-state index in [1.807, 2.05) is 20.0 Å².